The summed E-state index contributed by atoms with van der Waals surface area (Å²) in [6.07, 6.45) is 5.02. The highest BCUT2D eigenvalue weighted by Crippen LogP contribution is 1.92. The van der Waals surface area contributed by atoms with Crippen molar-refractivity contribution in [1.29, 1.82) is 0 Å². The van der Waals surface area contributed by atoms with Crippen LogP contribution >= 0.6 is 0 Å². The molecule has 0 aliphatic rings. The number of hydrogen-bond donors (Lipinski definition) is 4. The van der Waals surface area contributed by atoms with Crippen molar-refractivity contribution < 1.29 is 19.8 Å². The zero-order chi connectivity index (χ0) is 12.6. The van der Waals surface area contributed by atoms with E-state index in [1.807, 2.05) is 0 Å². The first-order valence-corrected chi connectivity index (χ1v) is 4.87. The van der Waals surface area contributed by atoms with Gasteiger partial charge in [0.1, 0.15) is 0 Å². The lowest BCUT2D eigenvalue weighted by Gasteiger charge is -2.17. The van der Waals surface area contributed by atoms with Crippen molar-refractivity contribution in [1.82, 2.24) is 10.6 Å². The Morgan fingerprint density at radius 2 is 2.12 bits per heavy atom. The molecule has 0 aromatic carbocycles. The summed E-state index contributed by atoms with van der Waals surface area (Å²) in [6, 6.07) is -1.95. The molecule has 0 aliphatic heterocycles. The number of carboxylic acid groups (broad SMARTS) is 1. The minimum atomic E-state index is -1.31. The van der Waals surface area contributed by atoms with E-state index in [1.54, 1.807) is 0 Å². The van der Waals surface area contributed by atoms with E-state index in [0.29, 0.717) is 19.4 Å². The normalized spacial score (nSPS) is 13.3. The summed E-state index contributed by atoms with van der Waals surface area (Å²) < 4.78 is 0. The number of aliphatic hydroxyl groups excluding tert-OH is 1. The Hall–Kier alpha value is -1.74. The van der Waals surface area contributed by atoms with Gasteiger partial charge in [-0.15, -0.1) is 12.3 Å². The molecule has 6 nitrogen and oxygen atoms in total. The molecule has 0 aromatic heterocycles. The third-order valence-corrected chi connectivity index (χ3v) is 1.82. The Morgan fingerprint density at radius 3 is 2.56 bits per heavy atom. The number of hydrogen-bond acceptors (Lipinski definition) is 3. The smallest absolute Gasteiger partial charge is 0.328 e. The summed E-state index contributed by atoms with van der Waals surface area (Å²) in [6.45, 7) is 1.65. The van der Waals surface area contributed by atoms with E-state index in [-0.39, 0.29) is 0 Å². The highest BCUT2D eigenvalue weighted by molar-refractivity contribution is 5.82. The monoisotopic (exact) mass is 228 g/mol. The van der Waals surface area contributed by atoms with Crippen molar-refractivity contribution in [2.24, 2.45) is 0 Å². The molecule has 0 rings (SSSR count). The minimum Gasteiger partial charge on any atom is -0.480 e. The molecular weight excluding hydrogens is 212 g/mol. The van der Waals surface area contributed by atoms with Crippen molar-refractivity contribution in [3.8, 4) is 12.3 Å². The fourth-order valence-corrected chi connectivity index (χ4v) is 0.973. The summed E-state index contributed by atoms with van der Waals surface area (Å²) in [5.74, 6) is 1.13. The third kappa shape index (κ3) is 5.88. The number of terminal acetylenes is 1. The first-order valence-electron chi connectivity index (χ1n) is 4.87. The van der Waals surface area contributed by atoms with Crippen LogP contribution < -0.4 is 10.6 Å². The van der Waals surface area contributed by atoms with Crippen LogP contribution in [0.3, 0.4) is 0 Å². The zero-order valence-electron chi connectivity index (χ0n) is 9.06. The van der Waals surface area contributed by atoms with Crippen LogP contribution in [-0.2, 0) is 4.79 Å². The van der Waals surface area contributed by atoms with E-state index in [4.69, 9.17) is 16.6 Å². The van der Waals surface area contributed by atoms with E-state index in [9.17, 15) is 9.59 Å². The molecule has 90 valence electrons. The van der Waals surface area contributed by atoms with Gasteiger partial charge < -0.3 is 20.8 Å². The second kappa shape index (κ2) is 7.54. The first-order chi connectivity index (χ1) is 7.49. The summed E-state index contributed by atoms with van der Waals surface area (Å²) >= 11 is 0. The van der Waals surface area contributed by atoms with Gasteiger partial charge in [-0.3, -0.25) is 0 Å². The van der Waals surface area contributed by atoms with Gasteiger partial charge in [-0.05, 0) is 13.3 Å². The molecule has 0 saturated carbocycles. The summed E-state index contributed by atoms with van der Waals surface area (Å²) in [5.41, 5.74) is 0. The molecule has 0 bridgehead atoms. The molecule has 16 heavy (non-hydrogen) atoms. The van der Waals surface area contributed by atoms with Crippen LogP contribution in [0, 0.1) is 12.3 Å². The van der Waals surface area contributed by atoms with E-state index >= 15 is 0 Å². The zero-order valence-corrected chi connectivity index (χ0v) is 9.06. The number of aliphatic carboxylic acids is 1. The lowest BCUT2D eigenvalue weighted by Crippen LogP contribution is -2.51. The standard InChI is InChI=1S/C10H16N2O4/c1-3-4-5-6-11-10(16)12-8(7(2)13)9(14)15/h1,7-8,13H,4-6H2,2H3,(H,14,15)(H2,11,12,16). The molecule has 0 fully saturated rings. The second-order valence-corrected chi connectivity index (χ2v) is 3.26. The Kier molecular flexibility index (Phi) is 6.72. The van der Waals surface area contributed by atoms with Gasteiger partial charge in [0.15, 0.2) is 6.04 Å². The number of carbonyl (C=O) groups excluding carboxylic acids is 1. The van der Waals surface area contributed by atoms with Crippen molar-refractivity contribution in [3.05, 3.63) is 0 Å². The highest BCUT2D eigenvalue weighted by atomic mass is 16.4. The summed E-state index contributed by atoms with van der Waals surface area (Å²) in [7, 11) is 0. The van der Waals surface area contributed by atoms with Crippen LogP contribution in [0.4, 0.5) is 4.79 Å². The quantitative estimate of drug-likeness (QED) is 0.365. The van der Waals surface area contributed by atoms with Crippen LogP contribution in [0.2, 0.25) is 0 Å². The number of urea groups is 1. The number of aliphatic hydroxyl groups is 1. The lowest BCUT2D eigenvalue weighted by atomic mass is 10.2. The average molecular weight is 228 g/mol. The molecule has 0 radical (unpaired) electrons. The molecule has 0 aliphatic carbocycles. The molecule has 2 amide bonds. The van der Waals surface area contributed by atoms with Gasteiger partial charge in [0.05, 0.1) is 6.10 Å². The highest BCUT2D eigenvalue weighted by Gasteiger charge is 2.24. The number of carbonyl (C=O) groups is 2. The van der Waals surface area contributed by atoms with Crippen molar-refractivity contribution in [3.63, 3.8) is 0 Å². The molecular formula is C10H16N2O4. The van der Waals surface area contributed by atoms with Crippen molar-refractivity contribution >= 4 is 12.0 Å². The molecule has 2 atom stereocenters. The van der Waals surface area contributed by atoms with E-state index in [0.717, 1.165) is 0 Å². The number of rotatable bonds is 6. The summed E-state index contributed by atoms with van der Waals surface area (Å²) in [5, 5.41) is 22.3. The van der Waals surface area contributed by atoms with Crippen LogP contribution in [0.1, 0.15) is 19.8 Å². The third-order valence-electron chi connectivity index (χ3n) is 1.82. The van der Waals surface area contributed by atoms with Crippen LogP contribution in [0.15, 0.2) is 0 Å². The maximum absolute atomic E-state index is 11.2. The Morgan fingerprint density at radius 1 is 1.50 bits per heavy atom. The Balaban J connectivity index is 3.93. The van der Waals surface area contributed by atoms with Gasteiger partial charge in [-0.25, -0.2) is 9.59 Å². The van der Waals surface area contributed by atoms with Crippen LogP contribution in [0.25, 0.3) is 0 Å². The Bertz CT molecular complexity index is 283. The largest absolute Gasteiger partial charge is 0.480 e. The average Bonchev–Trinajstić information content (AvgIpc) is 2.20. The van der Waals surface area contributed by atoms with Crippen molar-refractivity contribution in [2.75, 3.05) is 6.54 Å². The topological polar surface area (TPSA) is 98.7 Å². The molecule has 6 heteroatoms. The predicted molar refractivity (Wildman–Crippen MR) is 57.7 cm³/mol. The fourth-order valence-electron chi connectivity index (χ4n) is 0.973. The fraction of sp³-hybridized carbons (Fsp3) is 0.600. The number of amides is 2. The molecule has 0 aromatic rings. The predicted octanol–water partition coefficient (Wildman–Crippen LogP) is -0.467. The molecule has 4 N–H and O–H groups in total. The number of unbranched alkanes of at least 4 members (excludes halogenated alkanes) is 1. The maximum Gasteiger partial charge on any atom is 0.328 e. The van der Waals surface area contributed by atoms with Gasteiger partial charge in [0, 0.05) is 13.0 Å². The van der Waals surface area contributed by atoms with Crippen LogP contribution in [0.5, 0.6) is 0 Å². The molecule has 0 spiro atoms. The van der Waals surface area contributed by atoms with E-state index in [2.05, 4.69) is 16.6 Å². The van der Waals surface area contributed by atoms with Gasteiger partial charge in [0.2, 0.25) is 0 Å². The molecule has 0 heterocycles. The maximum atomic E-state index is 11.2. The molecule has 0 saturated heterocycles. The first kappa shape index (κ1) is 14.3. The number of carboxylic acids is 1. The van der Waals surface area contributed by atoms with Gasteiger partial charge in [0.25, 0.3) is 0 Å². The second-order valence-electron chi connectivity index (χ2n) is 3.26. The minimum absolute atomic E-state index is 0.363. The summed E-state index contributed by atoms with van der Waals surface area (Å²) in [4.78, 5) is 21.8. The number of nitrogens with one attached hydrogen (secondary N) is 2. The van der Waals surface area contributed by atoms with Crippen LogP contribution in [-0.4, -0.2) is 40.9 Å². The Labute approximate surface area is 94.0 Å². The molecule has 2 unspecified atom stereocenters. The SMILES string of the molecule is C#CCCCNC(=O)NC(C(=O)O)C(C)O. The van der Waals surface area contributed by atoms with Crippen molar-refractivity contribution in [2.45, 2.75) is 31.9 Å². The van der Waals surface area contributed by atoms with Gasteiger partial charge in [-0.1, -0.05) is 0 Å². The van der Waals surface area contributed by atoms with E-state index < -0.39 is 24.1 Å². The van der Waals surface area contributed by atoms with Gasteiger partial charge >= 0.3 is 12.0 Å². The lowest BCUT2D eigenvalue weighted by molar-refractivity contribution is -0.141. The van der Waals surface area contributed by atoms with Gasteiger partial charge in [-0.2, -0.15) is 0 Å². The van der Waals surface area contributed by atoms with E-state index in [1.165, 1.54) is 6.92 Å².